The van der Waals surface area contributed by atoms with Gasteiger partial charge in [-0.05, 0) is 57.3 Å². The molecule has 0 spiro atoms. The second-order valence-electron chi connectivity index (χ2n) is 6.51. The van der Waals surface area contributed by atoms with Gasteiger partial charge in [-0.1, -0.05) is 12.1 Å². The summed E-state index contributed by atoms with van der Waals surface area (Å²) in [7, 11) is 5.85. The molecule has 0 radical (unpaired) electrons. The van der Waals surface area contributed by atoms with Gasteiger partial charge in [0.25, 0.3) is 0 Å². The highest BCUT2D eigenvalue weighted by molar-refractivity contribution is 6.39. The summed E-state index contributed by atoms with van der Waals surface area (Å²) in [6, 6.07) is 9.69. The summed E-state index contributed by atoms with van der Waals surface area (Å²) in [6.45, 7) is 4.19. The molecule has 6 heteroatoms. The van der Waals surface area contributed by atoms with E-state index in [9.17, 15) is 9.59 Å². The highest BCUT2D eigenvalue weighted by Gasteiger charge is 2.20. The average Bonchev–Trinajstić information content (AvgIpc) is 2.96. The van der Waals surface area contributed by atoms with Crippen LogP contribution in [0, 0.1) is 13.8 Å². The molecule has 2 N–H and O–H groups in total. The number of nitrogens with zero attached hydrogens (tertiary/aromatic N) is 2. The third-order valence-corrected chi connectivity index (χ3v) is 4.25. The van der Waals surface area contributed by atoms with Gasteiger partial charge >= 0.3 is 11.8 Å². The Morgan fingerprint density at radius 1 is 1.16 bits per heavy atom. The SMILES string of the molecule is Cc1ccc(C)c(NC(=O)C(=O)NCC(c2cccn2C)N(C)C)c1. The number of benzene rings is 1. The van der Waals surface area contributed by atoms with Crippen LogP contribution in [0.25, 0.3) is 0 Å². The van der Waals surface area contributed by atoms with Crippen LogP contribution in [-0.4, -0.2) is 41.9 Å². The Bertz CT molecular complexity index is 765. The van der Waals surface area contributed by atoms with Gasteiger partial charge in [0, 0.05) is 31.2 Å². The van der Waals surface area contributed by atoms with Crippen molar-refractivity contribution in [3.8, 4) is 0 Å². The first kappa shape index (κ1) is 18.7. The second-order valence-corrected chi connectivity index (χ2v) is 6.51. The van der Waals surface area contributed by atoms with E-state index in [0.29, 0.717) is 12.2 Å². The van der Waals surface area contributed by atoms with Crippen molar-refractivity contribution in [1.29, 1.82) is 0 Å². The fourth-order valence-electron chi connectivity index (χ4n) is 2.69. The van der Waals surface area contributed by atoms with E-state index >= 15 is 0 Å². The largest absolute Gasteiger partial charge is 0.353 e. The smallest absolute Gasteiger partial charge is 0.313 e. The van der Waals surface area contributed by atoms with E-state index in [1.165, 1.54) is 0 Å². The maximum atomic E-state index is 12.2. The fourth-order valence-corrected chi connectivity index (χ4v) is 2.69. The van der Waals surface area contributed by atoms with Crippen LogP contribution in [0.3, 0.4) is 0 Å². The number of hydrogen-bond donors (Lipinski definition) is 2. The van der Waals surface area contributed by atoms with Crippen molar-refractivity contribution in [3.63, 3.8) is 0 Å². The Morgan fingerprint density at radius 3 is 2.48 bits per heavy atom. The van der Waals surface area contributed by atoms with E-state index in [-0.39, 0.29) is 6.04 Å². The molecule has 6 nitrogen and oxygen atoms in total. The molecule has 134 valence electrons. The van der Waals surface area contributed by atoms with Crippen molar-refractivity contribution >= 4 is 17.5 Å². The zero-order valence-corrected chi connectivity index (χ0v) is 15.5. The maximum Gasteiger partial charge on any atom is 0.313 e. The Morgan fingerprint density at radius 2 is 1.88 bits per heavy atom. The summed E-state index contributed by atoms with van der Waals surface area (Å²) < 4.78 is 2.01. The van der Waals surface area contributed by atoms with Crippen molar-refractivity contribution in [2.75, 3.05) is 26.0 Å². The number of amides is 2. The summed E-state index contributed by atoms with van der Waals surface area (Å²) in [5.41, 5.74) is 3.67. The van der Waals surface area contributed by atoms with Crippen LogP contribution in [0.2, 0.25) is 0 Å². The number of aromatic nitrogens is 1. The number of anilines is 1. The molecule has 0 aliphatic carbocycles. The molecule has 0 aliphatic rings. The lowest BCUT2D eigenvalue weighted by Gasteiger charge is -2.25. The minimum Gasteiger partial charge on any atom is -0.353 e. The first-order chi connectivity index (χ1) is 11.8. The normalized spacial score (nSPS) is 12.1. The molecule has 0 aliphatic heterocycles. The molecule has 2 rings (SSSR count). The predicted molar refractivity (Wildman–Crippen MR) is 99.4 cm³/mol. The lowest BCUT2D eigenvalue weighted by Crippen LogP contribution is -2.40. The van der Waals surface area contributed by atoms with Crippen LogP contribution in [0.4, 0.5) is 5.69 Å². The minimum atomic E-state index is -0.655. The van der Waals surface area contributed by atoms with Crippen LogP contribution < -0.4 is 10.6 Å². The minimum absolute atomic E-state index is 0.0162. The second kappa shape index (κ2) is 7.98. The third kappa shape index (κ3) is 4.70. The molecule has 1 heterocycles. The van der Waals surface area contributed by atoms with Crippen LogP contribution in [0.5, 0.6) is 0 Å². The highest BCUT2D eigenvalue weighted by Crippen LogP contribution is 2.18. The molecule has 2 amide bonds. The molecular formula is C19H26N4O2. The van der Waals surface area contributed by atoms with Gasteiger partial charge in [0.05, 0.1) is 6.04 Å². The highest BCUT2D eigenvalue weighted by atomic mass is 16.2. The lowest BCUT2D eigenvalue weighted by molar-refractivity contribution is -0.136. The number of likely N-dealkylation sites (N-methyl/N-ethyl adjacent to an activating group) is 1. The van der Waals surface area contributed by atoms with Crippen LogP contribution in [-0.2, 0) is 16.6 Å². The Labute approximate surface area is 148 Å². The van der Waals surface area contributed by atoms with Gasteiger partial charge in [-0.3, -0.25) is 14.5 Å². The molecule has 2 aromatic rings. The molecule has 0 fully saturated rings. The van der Waals surface area contributed by atoms with E-state index in [1.807, 2.05) is 81.0 Å². The quantitative estimate of drug-likeness (QED) is 0.817. The van der Waals surface area contributed by atoms with E-state index in [2.05, 4.69) is 10.6 Å². The van der Waals surface area contributed by atoms with Crippen molar-refractivity contribution in [2.24, 2.45) is 7.05 Å². The zero-order chi connectivity index (χ0) is 18.6. The van der Waals surface area contributed by atoms with Crippen molar-refractivity contribution in [2.45, 2.75) is 19.9 Å². The summed E-state index contributed by atoms with van der Waals surface area (Å²) in [5.74, 6) is -1.29. The number of nitrogens with one attached hydrogen (secondary N) is 2. The van der Waals surface area contributed by atoms with Gasteiger partial charge in [0.2, 0.25) is 0 Å². The Hall–Kier alpha value is -2.60. The topological polar surface area (TPSA) is 66.4 Å². The van der Waals surface area contributed by atoms with Crippen molar-refractivity contribution in [1.82, 2.24) is 14.8 Å². The van der Waals surface area contributed by atoms with Gasteiger partial charge in [-0.2, -0.15) is 0 Å². The number of rotatable bonds is 5. The summed E-state index contributed by atoms with van der Waals surface area (Å²) >= 11 is 0. The monoisotopic (exact) mass is 342 g/mol. The number of aryl methyl sites for hydroxylation is 3. The lowest BCUT2D eigenvalue weighted by atomic mass is 10.1. The number of hydrogen-bond acceptors (Lipinski definition) is 3. The summed E-state index contributed by atoms with van der Waals surface area (Å²) in [5, 5.41) is 5.41. The molecule has 25 heavy (non-hydrogen) atoms. The molecule has 0 saturated heterocycles. The van der Waals surface area contributed by atoms with Gasteiger partial charge in [-0.15, -0.1) is 0 Å². The molecule has 1 atom stereocenters. The summed E-state index contributed by atoms with van der Waals surface area (Å²) in [4.78, 5) is 26.4. The molecule has 1 aromatic carbocycles. The standard InChI is InChI=1S/C19H26N4O2/c1-13-8-9-14(2)15(11-13)21-19(25)18(24)20-12-17(22(3)4)16-7-6-10-23(16)5/h6-11,17H,12H2,1-5H3,(H,20,24)(H,21,25). The Balaban J connectivity index is 1.99. The fraction of sp³-hybridized carbons (Fsp3) is 0.368. The zero-order valence-electron chi connectivity index (χ0n) is 15.5. The van der Waals surface area contributed by atoms with Crippen molar-refractivity contribution < 1.29 is 9.59 Å². The summed E-state index contributed by atoms with van der Waals surface area (Å²) in [6.07, 6.45) is 1.96. The molecule has 1 aromatic heterocycles. The van der Waals surface area contributed by atoms with E-state index in [0.717, 1.165) is 16.8 Å². The first-order valence-electron chi connectivity index (χ1n) is 8.23. The van der Waals surface area contributed by atoms with Crippen LogP contribution in [0.15, 0.2) is 36.5 Å². The maximum absolute atomic E-state index is 12.2. The number of carbonyl (C=O) groups is 2. The van der Waals surface area contributed by atoms with Crippen LogP contribution >= 0.6 is 0 Å². The predicted octanol–water partition coefficient (Wildman–Crippen LogP) is 2.00. The van der Waals surface area contributed by atoms with Gasteiger partial charge in [0.1, 0.15) is 0 Å². The third-order valence-electron chi connectivity index (χ3n) is 4.25. The van der Waals surface area contributed by atoms with Gasteiger partial charge < -0.3 is 15.2 Å². The van der Waals surface area contributed by atoms with E-state index in [1.54, 1.807) is 0 Å². The Kier molecular flexibility index (Phi) is 5.98. The molecular weight excluding hydrogens is 316 g/mol. The van der Waals surface area contributed by atoms with E-state index < -0.39 is 11.8 Å². The molecule has 0 saturated carbocycles. The van der Waals surface area contributed by atoms with Crippen molar-refractivity contribution in [3.05, 3.63) is 53.3 Å². The van der Waals surface area contributed by atoms with Gasteiger partial charge in [0.15, 0.2) is 0 Å². The first-order valence-corrected chi connectivity index (χ1v) is 8.23. The molecule has 1 unspecified atom stereocenters. The van der Waals surface area contributed by atoms with Crippen LogP contribution in [0.1, 0.15) is 22.9 Å². The van der Waals surface area contributed by atoms with E-state index in [4.69, 9.17) is 0 Å². The molecule has 0 bridgehead atoms. The number of carbonyl (C=O) groups excluding carboxylic acids is 2. The average molecular weight is 342 g/mol. The van der Waals surface area contributed by atoms with Gasteiger partial charge in [-0.25, -0.2) is 0 Å².